The molecule has 1 aromatic heterocycles. The maximum atomic E-state index is 4.48. The minimum atomic E-state index is 0.843. The van der Waals surface area contributed by atoms with Crippen LogP contribution in [0.3, 0.4) is 0 Å². The Morgan fingerprint density at radius 3 is 2.21 bits per heavy atom. The van der Waals surface area contributed by atoms with E-state index in [1.54, 1.807) is 6.33 Å². The van der Waals surface area contributed by atoms with Gasteiger partial charge in [0, 0.05) is 69.8 Å². The van der Waals surface area contributed by atoms with Gasteiger partial charge >= 0.3 is 0 Å². The maximum absolute atomic E-state index is 4.48. The summed E-state index contributed by atoms with van der Waals surface area (Å²) in [6, 6.07) is 10.7. The van der Waals surface area contributed by atoms with Crippen LogP contribution in [0.25, 0.3) is 0 Å². The van der Waals surface area contributed by atoms with Gasteiger partial charge in [0.25, 0.3) is 0 Å². The van der Waals surface area contributed by atoms with E-state index < -0.39 is 0 Å². The first-order valence-electron chi connectivity index (χ1n) is 10.3. The molecular weight excluding hydrogens is 350 g/mol. The fourth-order valence-corrected chi connectivity index (χ4v) is 3.85. The highest BCUT2D eigenvalue weighted by molar-refractivity contribution is 5.62. The molecule has 0 unspecified atom stereocenters. The van der Waals surface area contributed by atoms with Crippen molar-refractivity contribution in [1.29, 1.82) is 0 Å². The molecule has 2 aromatic rings. The summed E-state index contributed by atoms with van der Waals surface area (Å²) in [4.78, 5) is 18.5. The Balaban J connectivity index is 1.38. The van der Waals surface area contributed by atoms with Gasteiger partial charge in [-0.25, -0.2) is 9.97 Å². The van der Waals surface area contributed by atoms with Gasteiger partial charge in [0.2, 0.25) is 0 Å². The van der Waals surface area contributed by atoms with Crippen LogP contribution in [0.2, 0.25) is 0 Å². The molecule has 0 atom stereocenters. The predicted molar refractivity (Wildman–Crippen MR) is 116 cm³/mol. The number of rotatable bonds is 5. The van der Waals surface area contributed by atoms with Crippen LogP contribution in [0.5, 0.6) is 0 Å². The number of likely N-dealkylation sites (N-methyl/N-ethyl adjacent to an activating group) is 2. The second-order valence-corrected chi connectivity index (χ2v) is 7.64. The number of nitrogens with one attached hydrogen (secondary N) is 1. The van der Waals surface area contributed by atoms with Crippen LogP contribution in [0, 0.1) is 0 Å². The summed E-state index contributed by atoms with van der Waals surface area (Å²) in [6.07, 6.45) is 1.66. The van der Waals surface area contributed by atoms with Gasteiger partial charge < -0.3 is 24.9 Å². The highest BCUT2D eigenvalue weighted by Gasteiger charge is 2.17. The molecular formula is C21H31N7. The van der Waals surface area contributed by atoms with Gasteiger partial charge in [0.1, 0.15) is 18.0 Å². The molecule has 0 bridgehead atoms. The van der Waals surface area contributed by atoms with E-state index in [-0.39, 0.29) is 0 Å². The molecule has 2 fully saturated rings. The molecule has 3 heterocycles. The zero-order chi connectivity index (χ0) is 19.3. The monoisotopic (exact) mass is 381 g/mol. The fourth-order valence-electron chi connectivity index (χ4n) is 3.85. The zero-order valence-electron chi connectivity index (χ0n) is 17.0. The van der Waals surface area contributed by atoms with E-state index in [0.29, 0.717) is 0 Å². The zero-order valence-corrected chi connectivity index (χ0v) is 17.0. The Morgan fingerprint density at radius 2 is 1.54 bits per heavy atom. The number of piperazine rings is 2. The molecule has 0 amide bonds. The smallest absolute Gasteiger partial charge is 0.135 e. The number of benzene rings is 1. The quantitative estimate of drug-likeness (QED) is 0.851. The molecule has 7 heteroatoms. The Hall–Kier alpha value is -2.38. The van der Waals surface area contributed by atoms with Crippen molar-refractivity contribution < 1.29 is 0 Å². The minimum Gasteiger partial charge on any atom is -0.369 e. The van der Waals surface area contributed by atoms with E-state index in [1.165, 1.54) is 5.69 Å². The first-order valence-corrected chi connectivity index (χ1v) is 10.3. The van der Waals surface area contributed by atoms with Crippen LogP contribution < -0.4 is 15.1 Å². The van der Waals surface area contributed by atoms with Crippen LogP contribution in [-0.2, 0) is 0 Å². The summed E-state index contributed by atoms with van der Waals surface area (Å²) >= 11 is 0. The first kappa shape index (κ1) is 19.0. The van der Waals surface area contributed by atoms with E-state index in [9.17, 15) is 0 Å². The Kier molecular flexibility index (Phi) is 5.92. The minimum absolute atomic E-state index is 0.843. The van der Waals surface area contributed by atoms with E-state index in [2.05, 4.69) is 79.2 Å². The van der Waals surface area contributed by atoms with Crippen molar-refractivity contribution in [1.82, 2.24) is 19.8 Å². The molecule has 1 aromatic carbocycles. The van der Waals surface area contributed by atoms with Gasteiger partial charge in [-0.1, -0.05) is 6.92 Å². The molecule has 2 aliphatic heterocycles. The van der Waals surface area contributed by atoms with Crippen LogP contribution >= 0.6 is 0 Å². The number of hydrogen-bond acceptors (Lipinski definition) is 7. The average molecular weight is 382 g/mol. The van der Waals surface area contributed by atoms with Crippen molar-refractivity contribution in [3.8, 4) is 0 Å². The number of hydrogen-bond donors (Lipinski definition) is 1. The van der Waals surface area contributed by atoms with Crippen LogP contribution in [0.1, 0.15) is 6.92 Å². The second-order valence-electron chi connectivity index (χ2n) is 7.64. The van der Waals surface area contributed by atoms with Crippen LogP contribution in [-0.4, -0.2) is 85.7 Å². The Labute approximate surface area is 168 Å². The molecule has 0 spiro atoms. The predicted octanol–water partition coefficient (Wildman–Crippen LogP) is 2.11. The third-order valence-electron chi connectivity index (χ3n) is 5.80. The molecule has 150 valence electrons. The van der Waals surface area contributed by atoms with Crippen molar-refractivity contribution in [2.45, 2.75) is 6.92 Å². The van der Waals surface area contributed by atoms with Crippen LogP contribution in [0.4, 0.5) is 23.0 Å². The molecule has 4 rings (SSSR count). The first-order chi connectivity index (χ1) is 13.7. The number of anilines is 4. The average Bonchev–Trinajstić information content (AvgIpc) is 2.75. The highest BCUT2D eigenvalue weighted by atomic mass is 15.3. The Bertz CT molecular complexity index is 748. The molecule has 0 saturated carbocycles. The van der Waals surface area contributed by atoms with Crippen molar-refractivity contribution >= 4 is 23.0 Å². The van der Waals surface area contributed by atoms with E-state index in [0.717, 1.165) is 76.2 Å². The summed E-state index contributed by atoms with van der Waals surface area (Å²) in [7, 11) is 2.18. The summed E-state index contributed by atoms with van der Waals surface area (Å²) in [6.45, 7) is 12.0. The van der Waals surface area contributed by atoms with Gasteiger partial charge in [-0.05, 0) is 37.9 Å². The lowest BCUT2D eigenvalue weighted by molar-refractivity contribution is 0.270. The SMILES string of the molecule is CCN1CCN(c2cc(Nc3ccc(N4CCN(C)CC4)cc3)ncn2)CC1. The normalized spacial score (nSPS) is 19.1. The molecule has 2 aliphatic rings. The van der Waals surface area contributed by atoms with Crippen molar-refractivity contribution in [3.63, 3.8) is 0 Å². The largest absolute Gasteiger partial charge is 0.369 e. The third kappa shape index (κ3) is 4.54. The topological polar surface area (TPSA) is 50.8 Å². The van der Waals surface area contributed by atoms with E-state index in [4.69, 9.17) is 0 Å². The summed E-state index contributed by atoms with van der Waals surface area (Å²) in [5.41, 5.74) is 2.34. The fraction of sp³-hybridized carbons (Fsp3) is 0.524. The lowest BCUT2D eigenvalue weighted by Crippen LogP contribution is -2.46. The van der Waals surface area contributed by atoms with Crippen molar-refractivity contribution in [2.75, 3.05) is 81.1 Å². The van der Waals surface area contributed by atoms with E-state index >= 15 is 0 Å². The summed E-state index contributed by atoms with van der Waals surface area (Å²) in [5, 5.41) is 3.43. The lowest BCUT2D eigenvalue weighted by Gasteiger charge is -2.34. The van der Waals surface area contributed by atoms with Crippen molar-refractivity contribution in [3.05, 3.63) is 36.7 Å². The molecule has 7 nitrogen and oxygen atoms in total. The van der Waals surface area contributed by atoms with E-state index in [1.807, 2.05) is 0 Å². The molecule has 2 saturated heterocycles. The van der Waals surface area contributed by atoms with Gasteiger partial charge in [0.15, 0.2) is 0 Å². The van der Waals surface area contributed by atoms with Crippen LogP contribution in [0.15, 0.2) is 36.7 Å². The molecule has 1 N–H and O–H groups in total. The molecule has 0 radical (unpaired) electrons. The highest BCUT2D eigenvalue weighted by Crippen LogP contribution is 2.23. The second kappa shape index (κ2) is 8.75. The summed E-state index contributed by atoms with van der Waals surface area (Å²) in [5.74, 6) is 1.84. The van der Waals surface area contributed by atoms with Gasteiger partial charge in [0.05, 0.1) is 0 Å². The van der Waals surface area contributed by atoms with Gasteiger partial charge in [-0.3, -0.25) is 0 Å². The number of nitrogens with zero attached hydrogens (tertiary/aromatic N) is 6. The molecule has 28 heavy (non-hydrogen) atoms. The Morgan fingerprint density at radius 1 is 0.857 bits per heavy atom. The standard InChI is InChI=1S/C21H31N7/c1-3-26-10-14-28(15-11-26)21-16-20(22-17-23-21)24-18-4-6-19(7-5-18)27-12-8-25(2)9-13-27/h4-7,16-17H,3,8-15H2,1-2H3,(H,22,23,24). The molecule has 0 aliphatic carbocycles. The number of aromatic nitrogens is 2. The van der Waals surface area contributed by atoms with Crippen molar-refractivity contribution in [2.24, 2.45) is 0 Å². The van der Waals surface area contributed by atoms with Gasteiger partial charge in [-0.15, -0.1) is 0 Å². The summed E-state index contributed by atoms with van der Waals surface area (Å²) < 4.78 is 0. The lowest BCUT2D eigenvalue weighted by atomic mass is 10.2. The maximum Gasteiger partial charge on any atom is 0.135 e. The third-order valence-corrected chi connectivity index (χ3v) is 5.80. The van der Waals surface area contributed by atoms with Gasteiger partial charge in [-0.2, -0.15) is 0 Å².